The third-order valence-corrected chi connectivity index (χ3v) is 5.27. The monoisotopic (exact) mass is 375 g/mol. The van der Waals surface area contributed by atoms with Crippen LogP contribution < -0.4 is 10.2 Å². The summed E-state index contributed by atoms with van der Waals surface area (Å²) >= 11 is 0. The highest BCUT2D eigenvalue weighted by atomic mass is 16.2. The number of piperazine rings is 1. The minimum absolute atomic E-state index is 0.0617. The van der Waals surface area contributed by atoms with E-state index in [4.69, 9.17) is 5.26 Å². The first-order valence-corrected chi connectivity index (χ1v) is 9.41. The first-order chi connectivity index (χ1) is 13.7. The number of benzene rings is 1. The molecule has 1 aliphatic carbocycles. The number of amides is 2. The van der Waals surface area contributed by atoms with Crippen LogP contribution in [-0.4, -0.2) is 47.9 Å². The largest absolute Gasteiger partial charge is 0.353 e. The van der Waals surface area contributed by atoms with Gasteiger partial charge in [-0.3, -0.25) is 9.59 Å². The van der Waals surface area contributed by atoms with Gasteiger partial charge in [-0.05, 0) is 36.8 Å². The SMILES string of the molecule is N#Cc1cccc(NC(=O)C2CC2C(=O)N2CCN(c3ccccn3)CC2)c1. The number of rotatable bonds is 4. The molecule has 1 aliphatic heterocycles. The van der Waals surface area contributed by atoms with Crippen LogP contribution in [0.4, 0.5) is 11.5 Å². The molecule has 2 aromatic rings. The van der Waals surface area contributed by atoms with Crippen LogP contribution in [0.15, 0.2) is 48.7 Å². The Morgan fingerprint density at radius 1 is 1.07 bits per heavy atom. The van der Waals surface area contributed by atoms with Crippen molar-refractivity contribution >= 4 is 23.3 Å². The van der Waals surface area contributed by atoms with Crippen molar-refractivity contribution in [3.63, 3.8) is 0 Å². The molecule has 7 heteroatoms. The Hall–Kier alpha value is -3.40. The molecular weight excluding hydrogens is 354 g/mol. The third kappa shape index (κ3) is 3.81. The molecule has 2 heterocycles. The molecule has 142 valence electrons. The topological polar surface area (TPSA) is 89.3 Å². The van der Waals surface area contributed by atoms with Gasteiger partial charge < -0.3 is 15.1 Å². The molecule has 2 fully saturated rings. The van der Waals surface area contributed by atoms with Crippen molar-refractivity contribution in [2.45, 2.75) is 6.42 Å². The minimum atomic E-state index is -0.285. The summed E-state index contributed by atoms with van der Waals surface area (Å²) in [5.41, 5.74) is 1.08. The van der Waals surface area contributed by atoms with Gasteiger partial charge in [0.2, 0.25) is 11.8 Å². The van der Waals surface area contributed by atoms with Gasteiger partial charge in [0.25, 0.3) is 0 Å². The lowest BCUT2D eigenvalue weighted by atomic mass is 10.2. The summed E-state index contributed by atoms with van der Waals surface area (Å²) in [6, 6.07) is 14.7. The number of hydrogen-bond acceptors (Lipinski definition) is 5. The minimum Gasteiger partial charge on any atom is -0.353 e. The van der Waals surface area contributed by atoms with E-state index in [2.05, 4.69) is 21.3 Å². The Morgan fingerprint density at radius 2 is 1.89 bits per heavy atom. The van der Waals surface area contributed by atoms with Gasteiger partial charge in [0.15, 0.2) is 0 Å². The number of nitriles is 1. The molecule has 1 aromatic heterocycles. The van der Waals surface area contributed by atoms with E-state index in [-0.39, 0.29) is 23.7 Å². The van der Waals surface area contributed by atoms with E-state index in [1.54, 1.807) is 30.5 Å². The predicted octanol–water partition coefficient (Wildman–Crippen LogP) is 1.88. The molecule has 1 aromatic carbocycles. The fourth-order valence-electron chi connectivity index (χ4n) is 3.59. The lowest BCUT2D eigenvalue weighted by Gasteiger charge is -2.35. The summed E-state index contributed by atoms with van der Waals surface area (Å²) in [5, 5.41) is 11.8. The molecule has 0 radical (unpaired) electrons. The third-order valence-electron chi connectivity index (χ3n) is 5.27. The van der Waals surface area contributed by atoms with Crippen molar-refractivity contribution in [3.8, 4) is 6.07 Å². The van der Waals surface area contributed by atoms with E-state index in [9.17, 15) is 9.59 Å². The Morgan fingerprint density at radius 3 is 2.61 bits per heavy atom. The number of carbonyl (C=O) groups excluding carboxylic acids is 2. The summed E-state index contributed by atoms with van der Waals surface area (Å²) in [4.78, 5) is 33.5. The van der Waals surface area contributed by atoms with Gasteiger partial charge in [0.05, 0.1) is 23.5 Å². The average Bonchev–Trinajstić information content (AvgIpc) is 3.55. The maximum atomic E-state index is 12.7. The van der Waals surface area contributed by atoms with E-state index in [1.807, 2.05) is 23.1 Å². The molecule has 2 amide bonds. The summed E-state index contributed by atoms with van der Waals surface area (Å²) < 4.78 is 0. The lowest BCUT2D eigenvalue weighted by molar-refractivity contribution is -0.134. The summed E-state index contributed by atoms with van der Waals surface area (Å²) in [5.74, 6) is 0.317. The Bertz CT molecular complexity index is 916. The fraction of sp³-hybridized carbons (Fsp3) is 0.333. The molecule has 0 spiro atoms. The molecule has 0 bridgehead atoms. The molecule has 28 heavy (non-hydrogen) atoms. The van der Waals surface area contributed by atoms with Crippen LogP contribution in [0.1, 0.15) is 12.0 Å². The van der Waals surface area contributed by atoms with E-state index in [1.165, 1.54) is 0 Å². The smallest absolute Gasteiger partial charge is 0.228 e. The van der Waals surface area contributed by atoms with E-state index < -0.39 is 0 Å². The Labute approximate surface area is 163 Å². The van der Waals surface area contributed by atoms with Gasteiger partial charge in [-0.15, -0.1) is 0 Å². The Kier molecular flexibility index (Phi) is 4.94. The number of hydrogen-bond donors (Lipinski definition) is 1. The van der Waals surface area contributed by atoms with E-state index in [0.717, 1.165) is 18.9 Å². The lowest BCUT2D eigenvalue weighted by Crippen LogP contribution is -2.49. The van der Waals surface area contributed by atoms with Crippen molar-refractivity contribution in [3.05, 3.63) is 54.2 Å². The maximum absolute atomic E-state index is 12.7. The second kappa shape index (κ2) is 7.69. The standard InChI is InChI=1S/C21H21N5O2/c22-14-15-4-3-5-16(12-15)24-20(27)17-13-18(17)21(28)26-10-8-25(9-11-26)19-6-1-2-7-23-19/h1-7,12,17-18H,8-11,13H2,(H,24,27). The first kappa shape index (κ1) is 18.0. The fourth-order valence-corrected chi connectivity index (χ4v) is 3.59. The summed E-state index contributed by atoms with van der Waals surface area (Å²) in [7, 11) is 0. The van der Waals surface area contributed by atoms with Gasteiger partial charge in [-0.1, -0.05) is 12.1 Å². The van der Waals surface area contributed by atoms with Crippen molar-refractivity contribution in [2.24, 2.45) is 11.8 Å². The van der Waals surface area contributed by atoms with Gasteiger partial charge in [0, 0.05) is 38.1 Å². The summed E-state index contributed by atoms with van der Waals surface area (Å²) in [6.45, 7) is 2.77. The zero-order valence-corrected chi connectivity index (χ0v) is 15.4. The highest BCUT2D eigenvalue weighted by Crippen LogP contribution is 2.41. The maximum Gasteiger partial charge on any atom is 0.228 e. The van der Waals surface area contributed by atoms with Crippen LogP contribution in [0.2, 0.25) is 0 Å². The van der Waals surface area contributed by atoms with Gasteiger partial charge in [0.1, 0.15) is 5.82 Å². The number of anilines is 2. The first-order valence-electron chi connectivity index (χ1n) is 9.41. The second-order valence-corrected chi connectivity index (χ2v) is 7.13. The van der Waals surface area contributed by atoms with Crippen molar-refractivity contribution in [1.29, 1.82) is 5.26 Å². The predicted molar refractivity (Wildman–Crippen MR) is 104 cm³/mol. The van der Waals surface area contributed by atoms with Crippen molar-refractivity contribution < 1.29 is 9.59 Å². The van der Waals surface area contributed by atoms with E-state index in [0.29, 0.717) is 30.8 Å². The van der Waals surface area contributed by atoms with Crippen LogP contribution in [-0.2, 0) is 9.59 Å². The zero-order valence-electron chi connectivity index (χ0n) is 15.4. The molecule has 1 saturated heterocycles. The molecule has 4 rings (SSSR count). The molecule has 1 N–H and O–H groups in total. The molecule has 2 aliphatic rings. The quantitative estimate of drug-likeness (QED) is 0.881. The Balaban J connectivity index is 1.29. The van der Waals surface area contributed by atoms with Crippen LogP contribution >= 0.6 is 0 Å². The number of nitrogens with one attached hydrogen (secondary N) is 1. The van der Waals surface area contributed by atoms with Crippen LogP contribution in [0.5, 0.6) is 0 Å². The molecule has 7 nitrogen and oxygen atoms in total. The van der Waals surface area contributed by atoms with Crippen molar-refractivity contribution in [2.75, 3.05) is 36.4 Å². The molecule has 2 unspecified atom stereocenters. The zero-order chi connectivity index (χ0) is 19.5. The number of carbonyl (C=O) groups is 2. The highest BCUT2D eigenvalue weighted by Gasteiger charge is 2.49. The number of nitrogens with zero attached hydrogens (tertiary/aromatic N) is 4. The normalized spacial score (nSPS) is 21.0. The number of pyridine rings is 1. The van der Waals surface area contributed by atoms with Crippen molar-refractivity contribution in [1.82, 2.24) is 9.88 Å². The molecular formula is C21H21N5O2. The van der Waals surface area contributed by atoms with Crippen LogP contribution in [0.25, 0.3) is 0 Å². The van der Waals surface area contributed by atoms with Gasteiger partial charge in [-0.2, -0.15) is 5.26 Å². The van der Waals surface area contributed by atoms with Crippen LogP contribution in [0.3, 0.4) is 0 Å². The van der Waals surface area contributed by atoms with E-state index >= 15 is 0 Å². The number of aromatic nitrogens is 1. The average molecular weight is 375 g/mol. The van der Waals surface area contributed by atoms with Gasteiger partial charge in [-0.25, -0.2) is 4.98 Å². The van der Waals surface area contributed by atoms with Crippen LogP contribution in [0, 0.1) is 23.2 Å². The van der Waals surface area contributed by atoms with Gasteiger partial charge >= 0.3 is 0 Å². The second-order valence-electron chi connectivity index (χ2n) is 7.13. The molecule has 1 saturated carbocycles. The summed E-state index contributed by atoms with van der Waals surface area (Å²) in [6.07, 6.45) is 2.36. The highest BCUT2D eigenvalue weighted by molar-refractivity contribution is 5.99. The molecule has 2 atom stereocenters.